The van der Waals surface area contributed by atoms with Gasteiger partial charge in [-0.25, -0.2) is 4.79 Å². The molecule has 1 saturated heterocycles. The average molecular weight is 493 g/mol. The number of ether oxygens (including phenoxy) is 2. The molecule has 3 aliphatic heterocycles. The van der Waals surface area contributed by atoms with Crippen LogP contribution in [0.1, 0.15) is 26.3 Å². The number of rotatable bonds is 6. The van der Waals surface area contributed by atoms with Gasteiger partial charge in [0.25, 0.3) is 17.7 Å². The number of carbonyl (C=O) groups is 5. The molecule has 10 heteroatoms. The minimum absolute atomic E-state index is 0.0124. The fourth-order valence-electron chi connectivity index (χ4n) is 4.41. The number of imide groups is 1. The molecule has 9 nitrogen and oxygen atoms in total. The molecule has 0 spiro atoms. The van der Waals surface area contributed by atoms with Crippen molar-refractivity contribution in [2.75, 3.05) is 19.5 Å². The van der Waals surface area contributed by atoms with Gasteiger partial charge in [0.05, 0.1) is 24.7 Å². The second-order valence-electron chi connectivity index (χ2n) is 8.15. The van der Waals surface area contributed by atoms with Crippen molar-refractivity contribution in [3.8, 4) is 0 Å². The van der Waals surface area contributed by atoms with Crippen molar-refractivity contribution in [3.05, 3.63) is 82.6 Å². The van der Waals surface area contributed by atoms with Crippen LogP contribution in [0, 0.1) is 0 Å². The quantitative estimate of drug-likeness (QED) is 0.341. The van der Waals surface area contributed by atoms with E-state index >= 15 is 0 Å². The first kappa shape index (κ1) is 22.9. The first-order valence-electron chi connectivity index (χ1n) is 10.8. The summed E-state index contributed by atoms with van der Waals surface area (Å²) in [5.74, 6) is -2.60. The van der Waals surface area contributed by atoms with Crippen LogP contribution >= 0.6 is 11.8 Å². The molecule has 2 aromatic carbocycles. The van der Waals surface area contributed by atoms with E-state index in [-0.39, 0.29) is 35.6 Å². The van der Waals surface area contributed by atoms with Crippen molar-refractivity contribution < 1.29 is 33.4 Å². The molecule has 0 aromatic heterocycles. The Labute approximate surface area is 204 Å². The summed E-state index contributed by atoms with van der Waals surface area (Å²) in [5, 5.41) is -0.636. The molecule has 0 bridgehead atoms. The van der Waals surface area contributed by atoms with Crippen molar-refractivity contribution in [3.63, 3.8) is 0 Å². The number of fused-ring (bicyclic) bond motifs is 2. The van der Waals surface area contributed by atoms with Gasteiger partial charge in [0.15, 0.2) is 0 Å². The largest absolute Gasteiger partial charge is 0.464 e. The standard InChI is InChI=1S/C25H20N2O7S/c1-33-25(32)19-15(12-34-18(28)11-14-7-3-2-4-8-14)13-35-24-20(23(31)27(19)24)26-21(29)16-9-5-6-10-17(16)22(26)30/h2-10,20,24H,11-13H2,1H3/t20-,24-/m1/s1. The monoisotopic (exact) mass is 492 g/mol. The number of thioether (sulfide) groups is 1. The highest BCUT2D eigenvalue weighted by atomic mass is 32.2. The first-order chi connectivity index (χ1) is 16.9. The van der Waals surface area contributed by atoms with E-state index in [1.54, 1.807) is 36.4 Å². The van der Waals surface area contributed by atoms with E-state index in [1.165, 1.54) is 23.8 Å². The summed E-state index contributed by atoms with van der Waals surface area (Å²) in [6.07, 6.45) is 0.0713. The topological polar surface area (TPSA) is 110 Å². The van der Waals surface area contributed by atoms with Crippen LogP contribution < -0.4 is 0 Å². The zero-order valence-electron chi connectivity index (χ0n) is 18.6. The molecule has 1 fully saturated rings. The summed E-state index contributed by atoms with van der Waals surface area (Å²) in [4.78, 5) is 66.1. The molecule has 3 heterocycles. The fourth-order valence-corrected chi connectivity index (χ4v) is 5.78. The number of amides is 3. The van der Waals surface area contributed by atoms with Gasteiger partial charge in [-0.2, -0.15) is 0 Å². The second kappa shape index (κ2) is 9.03. The number of methoxy groups -OCH3 is 1. The molecule has 178 valence electrons. The Bertz CT molecular complexity index is 1250. The van der Waals surface area contributed by atoms with Crippen LogP contribution in [-0.4, -0.2) is 70.3 Å². The number of hydrogen-bond donors (Lipinski definition) is 0. The lowest BCUT2D eigenvalue weighted by molar-refractivity contribution is -0.153. The van der Waals surface area contributed by atoms with Crippen molar-refractivity contribution in [1.29, 1.82) is 0 Å². The van der Waals surface area contributed by atoms with E-state index in [1.807, 2.05) is 18.2 Å². The third-order valence-corrected chi connectivity index (χ3v) is 7.43. The lowest BCUT2D eigenvalue weighted by Crippen LogP contribution is -2.71. The van der Waals surface area contributed by atoms with Gasteiger partial charge in [-0.05, 0) is 17.7 Å². The van der Waals surface area contributed by atoms with Crippen LogP contribution in [0.3, 0.4) is 0 Å². The highest BCUT2D eigenvalue weighted by Crippen LogP contribution is 2.44. The van der Waals surface area contributed by atoms with E-state index < -0.39 is 41.1 Å². The maximum atomic E-state index is 13.2. The summed E-state index contributed by atoms with van der Waals surface area (Å²) >= 11 is 1.29. The smallest absolute Gasteiger partial charge is 0.354 e. The number of esters is 2. The molecular weight excluding hydrogens is 472 g/mol. The Morgan fingerprint density at radius 1 is 0.943 bits per heavy atom. The number of benzene rings is 2. The minimum atomic E-state index is -1.03. The third-order valence-electron chi connectivity index (χ3n) is 6.10. The van der Waals surface area contributed by atoms with Gasteiger partial charge < -0.3 is 9.47 Å². The average Bonchev–Trinajstić information content (AvgIpc) is 3.12. The van der Waals surface area contributed by atoms with E-state index in [4.69, 9.17) is 9.47 Å². The molecule has 0 N–H and O–H groups in total. The summed E-state index contributed by atoms with van der Waals surface area (Å²) in [5.41, 5.74) is 1.70. The van der Waals surface area contributed by atoms with Crippen molar-refractivity contribution in [2.45, 2.75) is 17.8 Å². The van der Waals surface area contributed by atoms with Gasteiger partial charge in [-0.15, -0.1) is 11.8 Å². The molecule has 35 heavy (non-hydrogen) atoms. The molecular formula is C25H20N2O7S. The fraction of sp³-hybridized carbons (Fsp3) is 0.240. The van der Waals surface area contributed by atoms with Gasteiger partial charge in [-0.3, -0.25) is 29.0 Å². The summed E-state index contributed by atoms with van der Waals surface area (Å²) < 4.78 is 10.3. The highest BCUT2D eigenvalue weighted by Gasteiger charge is 2.60. The van der Waals surface area contributed by atoms with Crippen LogP contribution in [0.4, 0.5) is 0 Å². The van der Waals surface area contributed by atoms with Gasteiger partial charge in [0, 0.05) is 11.3 Å². The molecule has 3 amide bonds. The van der Waals surface area contributed by atoms with Gasteiger partial charge in [0.1, 0.15) is 23.7 Å². The molecule has 0 radical (unpaired) electrons. The van der Waals surface area contributed by atoms with E-state index in [0.29, 0.717) is 5.57 Å². The highest BCUT2D eigenvalue weighted by molar-refractivity contribution is 8.00. The van der Waals surface area contributed by atoms with Crippen molar-refractivity contribution in [1.82, 2.24) is 9.80 Å². The predicted molar refractivity (Wildman–Crippen MR) is 124 cm³/mol. The summed E-state index contributed by atoms with van der Waals surface area (Å²) in [7, 11) is 1.19. The van der Waals surface area contributed by atoms with Crippen LogP contribution in [0.15, 0.2) is 65.9 Å². The summed E-state index contributed by atoms with van der Waals surface area (Å²) in [6.45, 7) is -0.183. The third kappa shape index (κ3) is 3.79. The number of carbonyl (C=O) groups excluding carboxylic acids is 5. The lowest BCUT2D eigenvalue weighted by atomic mass is 10.0. The Morgan fingerprint density at radius 2 is 1.57 bits per heavy atom. The van der Waals surface area contributed by atoms with Crippen LogP contribution in [0.2, 0.25) is 0 Å². The van der Waals surface area contributed by atoms with Crippen LogP contribution in [0.25, 0.3) is 0 Å². The zero-order valence-corrected chi connectivity index (χ0v) is 19.4. The number of hydrogen-bond acceptors (Lipinski definition) is 8. The number of β-lactam (4-membered cyclic amide) rings is 1. The molecule has 0 unspecified atom stereocenters. The van der Waals surface area contributed by atoms with Crippen LogP contribution in [-0.2, 0) is 30.3 Å². The van der Waals surface area contributed by atoms with Gasteiger partial charge in [-0.1, -0.05) is 42.5 Å². The van der Waals surface area contributed by atoms with E-state index in [9.17, 15) is 24.0 Å². The van der Waals surface area contributed by atoms with E-state index in [0.717, 1.165) is 10.5 Å². The molecule has 0 aliphatic carbocycles. The second-order valence-corrected chi connectivity index (χ2v) is 9.25. The maximum Gasteiger partial charge on any atom is 0.354 e. The Balaban J connectivity index is 1.35. The summed E-state index contributed by atoms with van der Waals surface area (Å²) in [6, 6.07) is 14.5. The molecule has 2 atom stereocenters. The zero-order chi connectivity index (χ0) is 24.7. The molecule has 0 saturated carbocycles. The molecule has 2 aromatic rings. The molecule has 5 rings (SSSR count). The predicted octanol–water partition coefficient (Wildman–Crippen LogP) is 1.78. The first-order valence-corrected chi connectivity index (χ1v) is 11.9. The van der Waals surface area contributed by atoms with Gasteiger partial charge in [0.2, 0.25) is 0 Å². The van der Waals surface area contributed by atoms with Crippen molar-refractivity contribution >= 4 is 41.4 Å². The minimum Gasteiger partial charge on any atom is -0.464 e. The molecule has 3 aliphatic rings. The number of nitrogens with zero attached hydrogens (tertiary/aromatic N) is 2. The normalized spacial score (nSPS) is 20.9. The van der Waals surface area contributed by atoms with E-state index in [2.05, 4.69) is 0 Å². The Hall–Kier alpha value is -3.92. The van der Waals surface area contributed by atoms with Crippen molar-refractivity contribution in [2.24, 2.45) is 0 Å². The Kier molecular flexibility index (Phi) is 5.89. The SMILES string of the molecule is COC(=O)C1=C(COC(=O)Cc2ccccc2)CS[C@@H]2[C@H](N3C(=O)c4ccccc4C3=O)C(=O)N12. The maximum absolute atomic E-state index is 13.2. The Morgan fingerprint density at radius 3 is 2.20 bits per heavy atom. The van der Waals surface area contributed by atoms with Crippen LogP contribution in [0.5, 0.6) is 0 Å². The van der Waals surface area contributed by atoms with Gasteiger partial charge >= 0.3 is 11.9 Å². The lowest BCUT2D eigenvalue weighted by Gasteiger charge is -2.51.